The summed E-state index contributed by atoms with van der Waals surface area (Å²) >= 11 is 0. The van der Waals surface area contributed by atoms with Crippen LogP contribution in [0.15, 0.2) is 36.5 Å². The lowest BCUT2D eigenvalue weighted by atomic mass is 9.32. The molecule has 5 aliphatic rings. The van der Waals surface area contributed by atoms with Gasteiger partial charge in [0.2, 0.25) is 0 Å². The molecule has 0 aromatic carbocycles. The number of Topliss-reactive ketones (excluding diaryl/α,β-unsaturated/α-hetero) is 1. The summed E-state index contributed by atoms with van der Waals surface area (Å²) in [6.45, 7) is 23.7. The van der Waals surface area contributed by atoms with Gasteiger partial charge in [0.25, 0.3) is 0 Å². The number of rotatable bonds is 8. The monoisotopic (exact) mass is 629 g/mol. The van der Waals surface area contributed by atoms with Gasteiger partial charge >= 0.3 is 5.97 Å². The molecule has 0 spiro atoms. The Morgan fingerprint density at radius 3 is 2.35 bits per heavy atom. The van der Waals surface area contributed by atoms with Crippen LogP contribution in [0, 0.1) is 62.6 Å². The number of aryl methyl sites for hydroxylation is 1. The molecule has 1 aromatic heterocycles. The zero-order valence-corrected chi connectivity index (χ0v) is 30.4. The second-order valence-corrected chi connectivity index (χ2v) is 18.5. The van der Waals surface area contributed by atoms with Gasteiger partial charge < -0.3 is 4.74 Å². The summed E-state index contributed by atoms with van der Waals surface area (Å²) in [5.74, 6) is 3.44. The standard InChI is InChI=1S/C42H63NO3/c1-27(2)26-36(45)46-35-19-20-39(7)32(38(35,5)6)18-21-41(9)33(39)15-14-31-37-30(28(3)4)17-22-42(37,24-23-40(31,41)8)34(44)16-13-29-12-10-11-25-43-29/h10-12,25,27,30-33,35,37H,3,13-24,26H2,1-2,4-9H3/t30-,31?,32?,33?,35?,37?,39-,40+,41+,42+/m0/s1. The molecule has 10 atom stereocenters. The number of nitrogens with zero attached hydrogens (tertiary/aromatic N) is 1. The van der Waals surface area contributed by atoms with Crippen LogP contribution in [-0.4, -0.2) is 22.8 Å². The van der Waals surface area contributed by atoms with E-state index in [0.717, 1.165) is 44.2 Å². The molecule has 4 heteroatoms. The van der Waals surface area contributed by atoms with E-state index in [4.69, 9.17) is 4.74 Å². The second kappa shape index (κ2) is 11.9. The molecule has 4 nitrogen and oxygen atoms in total. The Morgan fingerprint density at radius 2 is 1.67 bits per heavy atom. The van der Waals surface area contributed by atoms with Crippen molar-refractivity contribution in [3.8, 4) is 0 Å². The average molecular weight is 630 g/mol. The summed E-state index contributed by atoms with van der Waals surface area (Å²) in [6, 6.07) is 6.06. The number of fused-ring (bicyclic) bond motifs is 7. The van der Waals surface area contributed by atoms with Crippen molar-refractivity contribution in [1.82, 2.24) is 4.98 Å². The molecule has 0 amide bonds. The van der Waals surface area contributed by atoms with Gasteiger partial charge in [-0.25, -0.2) is 0 Å². The van der Waals surface area contributed by atoms with Crippen molar-refractivity contribution >= 4 is 11.8 Å². The van der Waals surface area contributed by atoms with Crippen molar-refractivity contribution < 1.29 is 14.3 Å². The van der Waals surface area contributed by atoms with Crippen LogP contribution in [0.2, 0.25) is 0 Å². The van der Waals surface area contributed by atoms with Crippen molar-refractivity contribution in [1.29, 1.82) is 0 Å². The van der Waals surface area contributed by atoms with Gasteiger partial charge in [0, 0.05) is 35.6 Å². The third kappa shape index (κ3) is 5.08. The first-order valence-electron chi connectivity index (χ1n) is 18.9. The summed E-state index contributed by atoms with van der Waals surface area (Å²) in [7, 11) is 0. The molecule has 46 heavy (non-hydrogen) atoms. The van der Waals surface area contributed by atoms with Crippen LogP contribution in [0.1, 0.15) is 138 Å². The molecular formula is C42H63NO3. The molecule has 5 aliphatic carbocycles. The Bertz CT molecular complexity index is 1330. The van der Waals surface area contributed by atoms with Crippen molar-refractivity contribution in [3.63, 3.8) is 0 Å². The Hall–Kier alpha value is -1.97. The van der Waals surface area contributed by atoms with Crippen LogP contribution < -0.4 is 0 Å². The largest absolute Gasteiger partial charge is 0.462 e. The van der Waals surface area contributed by atoms with Gasteiger partial charge in [-0.1, -0.05) is 66.7 Å². The van der Waals surface area contributed by atoms with E-state index in [1.807, 2.05) is 18.3 Å². The first kappa shape index (κ1) is 33.9. The molecule has 1 heterocycles. The van der Waals surface area contributed by atoms with Gasteiger partial charge in [-0.15, -0.1) is 0 Å². The molecule has 0 aliphatic heterocycles. The number of allylic oxidation sites excluding steroid dienone is 1. The topological polar surface area (TPSA) is 56.3 Å². The molecule has 0 N–H and O–H groups in total. The quantitative estimate of drug-likeness (QED) is 0.212. The van der Waals surface area contributed by atoms with Crippen molar-refractivity contribution in [2.24, 2.45) is 62.6 Å². The van der Waals surface area contributed by atoms with Gasteiger partial charge in [-0.05, 0) is 141 Å². The molecule has 0 bridgehead atoms. The Kier molecular flexibility index (Phi) is 8.75. The van der Waals surface area contributed by atoms with E-state index in [0.29, 0.717) is 54.1 Å². The maximum atomic E-state index is 14.5. The molecule has 6 rings (SSSR count). The highest BCUT2D eigenvalue weighted by atomic mass is 16.5. The minimum absolute atomic E-state index is 0.00955. The van der Waals surface area contributed by atoms with E-state index < -0.39 is 0 Å². The SMILES string of the molecule is C=C(C)[C@@H]1CC[C@]2(C(=O)CCc3ccccn3)CC[C@]3(C)C(CCC4[C@@]5(C)CCC(OC(=O)CC(C)C)C(C)(C)C5CC[C@]43C)C12. The Labute approximate surface area is 280 Å². The van der Waals surface area contributed by atoms with Crippen molar-refractivity contribution in [3.05, 3.63) is 42.2 Å². The van der Waals surface area contributed by atoms with E-state index in [2.05, 4.69) is 73.0 Å². The number of ether oxygens (including phenoxy) is 1. The van der Waals surface area contributed by atoms with Gasteiger partial charge in [0.05, 0.1) is 0 Å². The number of hydrogen-bond donors (Lipinski definition) is 0. The molecule has 5 saturated carbocycles. The Morgan fingerprint density at radius 1 is 0.913 bits per heavy atom. The van der Waals surface area contributed by atoms with Crippen LogP contribution in [0.5, 0.6) is 0 Å². The number of carbonyl (C=O) groups excluding carboxylic acids is 2. The fourth-order valence-electron chi connectivity index (χ4n) is 13.4. The van der Waals surface area contributed by atoms with Gasteiger partial charge in [0.15, 0.2) is 0 Å². The average Bonchev–Trinajstić information content (AvgIpc) is 3.39. The predicted molar refractivity (Wildman–Crippen MR) is 186 cm³/mol. The highest BCUT2D eigenvalue weighted by Crippen LogP contribution is 2.77. The van der Waals surface area contributed by atoms with Crippen molar-refractivity contribution in [2.75, 3.05) is 0 Å². The lowest BCUT2D eigenvalue weighted by Crippen LogP contribution is -2.67. The lowest BCUT2D eigenvalue weighted by Gasteiger charge is -2.73. The zero-order chi connectivity index (χ0) is 33.3. The molecule has 0 saturated heterocycles. The fraction of sp³-hybridized carbons (Fsp3) is 0.786. The molecule has 254 valence electrons. The molecule has 5 fully saturated rings. The first-order chi connectivity index (χ1) is 21.6. The summed E-state index contributed by atoms with van der Waals surface area (Å²) < 4.78 is 6.26. The van der Waals surface area contributed by atoms with Crippen LogP contribution in [-0.2, 0) is 20.7 Å². The number of hydrogen-bond acceptors (Lipinski definition) is 4. The molecule has 5 unspecified atom stereocenters. The van der Waals surface area contributed by atoms with E-state index in [-0.39, 0.29) is 39.1 Å². The maximum Gasteiger partial charge on any atom is 0.306 e. The smallest absolute Gasteiger partial charge is 0.306 e. The number of esters is 1. The minimum Gasteiger partial charge on any atom is -0.462 e. The fourth-order valence-corrected chi connectivity index (χ4v) is 13.4. The Balaban J connectivity index is 1.28. The summed E-state index contributed by atoms with van der Waals surface area (Å²) in [6.07, 6.45) is 15.1. The third-order valence-electron chi connectivity index (χ3n) is 15.7. The van der Waals surface area contributed by atoms with Gasteiger partial charge in [-0.2, -0.15) is 0 Å². The highest BCUT2D eigenvalue weighted by molar-refractivity contribution is 5.86. The molecule has 1 aromatic rings. The van der Waals surface area contributed by atoms with Gasteiger partial charge in [-0.3, -0.25) is 14.6 Å². The van der Waals surface area contributed by atoms with E-state index in [1.54, 1.807) is 0 Å². The summed E-state index contributed by atoms with van der Waals surface area (Å²) in [5, 5.41) is 0. The molecule has 0 radical (unpaired) electrons. The maximum absolute atomic E-state index is 14.5. The summed E-state index contributed by atoms with van der Waals surface area (Å²) in [4.78, 5) is 31.8. The number of pyridine rings is 1. The van der Waals surface area contributed by atoms with Gasteiger partial charge in [0.1, 0.15) is 11.9 Å². The number of carbonyl (C=O) groups is 2. The van der Waals surface area contributed by atoms with Crippen LogP contribution in [0.4, 0.5) is 0 Å². The highest BCUT2D eigenvalue weighted by Gasteiger charge is 2.71. The minimum atomic E-state index is -0.202. The predicted octanol–water partition coefficient (Wildman–Crippen LogP) is 10.2. The second-order valence-electron chi connectivity index (χ2n) is 18.5. The molecular weight excluding hydrogens is 566 g/mol. The van der Waals surface area contributed by atoms with Crippen molar-refractivity contribution in [2.45, 2.75) is 145 Å². The normalized spacial score (nSPS) is 42.7. The van der Waals surface area contributed by atoms with Crippen LogP contribution in [0.3, 0.4) is 0 Å². The van der Waals surface area contributed by atoms with E-state index in [1.165, 1.54) is 37.7 Å². The van der Waals surface area contributed by atoms with E-state index in [9.17, 15) is 9.59 Å². The van der Waals surface area contributed by atoms with Crippen LogP contribution >= 0.6 is 0 Å². The number of ketones is 1. The number of aromatic nitrogens is 1. The van der Waals surface area contributed by atoms with Crippen LogP contribution in [0.25, 0.3) is 0 Å². The lowest BCUT2D eigenvalue weighted by molar-refractivity contribution is -0.249. The third-order valence-corrected chi connectivity index (χ3v) is 15.7. The first-order valence-corrected chi connectivity index (χ1v) is 18.9. The van der Waals surface area contributed by atoms with E-state index >= 15 is 0 Å². The summed E-state index contributed by atoms with van der Waals surface area (Å²) in [5.41, 5.74) is 2.78. The zero-order valence-electron chi connectivity index (χ0n) is 30.4.